The molecule has 0 spiro atoms. The van der Waals surface area contributed by atoms with Gasteiger partial charge in [0.15, 0.2) is 0 Å². The molecule has 0 aromatic heterocycles. The largest absolute Gasteiger partial charge is 0.497 e. The number of aliphatic hydroxyl groups excluding tert-OH is 3. The zero-order chi connectivity index (χ0) is 19.6. The van der Waals surface area contributed by atoms with E-state index in [1.165, 1.54) is 32.1 Å². The van der Waals surface area contributed by atoms with E-state index in [0.29, 0.717) is 13.1 Å². The molecule has 27 heavy (non-hydrogen) atoms. The predicted molar refractivity (Wildman–Crippen MR) is 108 cm³/mol. The maximum atomic E-state index is 10.5. The average Bonchev–Trinajstić information content (AvgIpc) is 2.68. The van der Waals surface area contributed by atoms with Crippen molar-refractivity contribution >= 4 is 0 Å². The normalized spacial score (nSPS) is 26.3. The molecule has 1 aliphatic rings. The maximum absolute atomic E-state index is 10.5. The van der Waals surface area contributed by atoms with Crippen molar-refractivity contribution in [2.75, 3.05) is 13.7 Å². The van der Waals surface area contributed by atoms with Gasteiger partial charge in [0.2, 0.25) is 0 Å². The first-order chi connectivity index (χ1) is 13.1. The Balaban J connectivity index is 1.90. The minimum atomic E-state index is -1.06. The third-order valence-electron chi connectivity index (χ3n) is 5.68. The number of ether oxygens (including phenoxy) is 1. The van der Waals surface area contributed by atoms with Gasteiger partial charge in [-0.25, -0.2) is 0 Å². The summed E-state index contributed by atoms with van der Waals surface area (Å²) < 4.78 is 5.20. The number of rotatable bonds is 11. The molecule has 1 aromatic rings. The molecule has 0 radical (unpaired) electrons. The fourth-order valence-electron chi connectivity index (χ4n) is 3.97. The van der Waals surface area contributed by atoms with Gasteiger partial charge in [-0.2, -0.15) is 0 Å². The van der Waals surface area contributed by atoms with Crippen LogP contribution < -0.4 is 4.74 Å². The second kappa shape index (κ2) is 11.6. The molecule has 154 valence electrons. The summed E-state index contributed by atoms with van der Waals surface area (Å²) in [7, 11) is 1.64. The van der Waals surface area contributed by atoms with E-state index in [0.717, 1.165) is 30.6 Å². The summed E-state index contributed by atoms with van der Waals surface area (Å²) in [6.07, 6.45) is 6.52. The second-order valence-corrected chi connectivity index (χ2v) is 7.80. The topological polar surface area (TPSA) is 73.2 Å². The van der Waals surface area contributed by atoms with Crippen molar-refractivity contribution in [3.05, 3.63) is 29.8 Å². The van der Waals surface area contributed by atoms with E-state index in [-0.39, 0.29) is 6.04 Å². The molecule has 1 aliphatic heterocycles. The van der Waals surface area contributed by atoms with Crippen LogP contribution >= 0.6 is 0 Å². The minimum Gasteiger partial charge on any atom is -0.497 e. The number of hydrogen-bond acceptors (Lipinski definition) is 5. The molecule has 2 unspecified atom stereocenters. The van der Waals surface area contributed by atoms with Crippen LogP contribution in [0.4, 0.5) is 0 Å². The van der Waals surface area contributed by atoms with Crippen LogP contribution in [0.15, 0.2) is 24.3 Å². The number of β-amino-alcohol motifs (C(OH)–C–C–N with tert-alkyl or cyclic N) is 1. The van der Waals surface area contributed by atoms with Gasteiger partial charge < -0.3 is 20.1 Å². The van der Waals surface area contributed by atoms with Crippen LogP contribution in [0, 0.1) is 0 Å². The summed E-state index contributed by atoms with van der Waals surface area (Å²) in [5.41, 5.74) is 1.11. The predicted octanol–water partition coefficient (Wildman–Crippen LogP) is 3.10. The lowest BCUT2D eigenvalue weighted by molar-refractivity contribution is -0.140. The Labute approximate surface area is 164 Å². The number of aliphatic hydroxyl groups is 3. The summed E-state index contributed by atoms with van der Waals surface area (Å²) in [6, 6.07) is 7.74. The van der Waals surface area contributed by atoms with Crippen LogP contribution in [0.3, 0.4) is 0 Å². The summed E-state index contributed by atoms with van der Waals surface area (Å²) in [5.74, 6) is 0.813. The molecule has 0 amide bonds. The molecule has 2 rings (SSSR count). The molecule has 1 heterocycles. The lowest BCUT2D eigenvalue weighted by Gasteiger charge is -2.44. The Bertz CT molecular complexity index is 522. The molecule has 0 aliphatic carbocycles. The summed E-state index contributed by atoms with van der Waals surface area (Å²) >= 11 is 0. The Morgan fingerprint density at radius 1 is 0.926 bits per heavy atom. The van der Waals surface area contributed by atoms with Crippen molar-refractivity contribution in [2.45, 2.75) is 89.2 Å². The average molecular weight is 380 g/mol. The lowest BCUT2D eigenvalue weighted by Crippen LogP contribution is -2.60. The van der Waals surface area contributed by atoms with E-state index in [9.17, 15) is 15.3 Å². The molecule has 5 heteroatoms. The second-order valence-electron chi connectivity index (χ2n) is 7.80. The van der Waals surface area contributed by atoms with Crippen LogP contribution in [0.25, 0.3) is 0 Å². The van der Waals surface area contributed by atoms with Gasteiger partial charge in [-0.15, -0.1) is 0 Å². The highest BCUT2D eigenvalue weighted by Gasteiger charge is 2.40. The van der Waals surface area contributed by atoms with Gasteiger partial charge in [-0.05, 0) is 24.1 Å². The zero-order valence-corrected chi connectivity index (χ0v) is 16.9. The third kappa shape index (κ3) is 6.75. The lowest BCUT2D eigenvalue weighted by atomic mass is 9.89. The first kappa shape index (κ1) is 22.2. The molecule has 0 bridgehead atoms. The number of nitrogens with zero attached hydrogens (tertiary/aromatic N) is 1. The Kier molecular flexibility index (Phi) is 9.56. The number of piperidine rings is 1. The SMILES string of the molecule is CCCCCCCCC[C@@H]1C(O)C(O)[C@H](O)CN1Cc1ccc(OC)cc1. The van der Waals surface area contributed by atoms with Crippen LogP contribution in [0.5, 0.6) is 5.75 Å². The number of likely N-dealkylation sites (tertiary alicyclic amines) is 1. The van der Waals surface area contributed by atoms with Gasteiger partial charge in [0.1, 0.15) is 11.9 Å². The smallest absolute Gasteiger partial charge is 0.118 e. The van der Waals surface area contributed by atoms with E-state index < -0.39 is 18.3 Å². The highest BCUT2D eigenvalue weighted by atomic mass is 16.5. The first-order valence-electron chi connectivity index (χ1n) is 10.5. The van der Waals surface area contributed by atoms with Crippen LogP contribution in [0.2, 0.25) is 0 Å². The fourth-order valence-corrected chi connectivity index (χ4v) is 3.97. The first-order valence-corrected chi connectivity index (χ1v) is 10.5. The summed E-state index contributed by atoms with van der Waals surface area (Å²) in [4.78, 5) is 2.11. The molecule has 1 saturated heterocycles. The zero-order valence-electron chi connectivity index (χ0n) is 16.9. The van der Waals surface area contributed by atoms with Gasteiger partial charge in [0, 0.05) is 19.1 Å². The molecule has 1 fully saturated rings. The molecule has 5 nitrogen and oxygen atoms in total. The van der Waals surface area contributed by atoms with Gasteiger partial charge in [0.25, 0.3) is 0 Å². The number of unbranched alkanes of at least 4 members (excludes halogenated alkanes) is 6. The van der Waals surface area contributed by atoms with E-state index in [1.807, 2.05) is 24.3 Å². The van der Waals surface area contributed by atoms with Crippen LogP contribution in [-0.2, 0) is 6.54 Å². The molecule has 0 saturated carbocycles. The fraction of sp³-hybridized carbons (Fsp3) is 0.727. The molecular formula is C22H37NO4. The number of methoxy groups -OCH3 is 1. The van der Waals surface area contributed by atoms with Gasteiger partial charge in [-0.1, -0.05) is 64.0 Å². The van der Waals surface area contributed by atoms with Crippen molar-refractivity contribution in [1.82, 2.24) is 4.90 Å². The van der Waals surface area contributed by atoms with E-state index in [2.05, 4.69) is 11.8 Å². The number of hydrogen-bond donors (Lipinski definition) is 3. The highest BCUT2D eigenvalue weighted by molar-refractivity contribution is 5.27. The number of benzene rings is 1. The Morgan fingerprint density at radius 2 is 1.56 bits per heavy atom. The molecular weight excluding hydrogens is 342 g/mol. The summed E-state index contributed by atoms with van der Waals surface area (Å²) in [6.45, 7) is 3.25. The molecule has 4 atom stereocenters. The monoisotopic (exact) mass is 379 g/mol. The van der Waals surface area contributed by atoms with Crippen molar-refractivity contribution in [2.24, 2.45) is 0 Å². The highest BCUT2D eigenvalue weighted by Crippen LogP contribution is 2.26. The van der Waals surface area contributed by atoms with Gasteiger partial charge in [-0.3, -0.25) is 4.90 Å². The van der Waals surface area contributed by atoms with Gasteiger partial charge >= 0.3 is 0 Å². The maximum Gasteiger partial charge on any atom is 0.118 e. The Morgan fingerprint density at radius 3 is 2.19 bits per heavy atom. The minimum absolute atomic E-state index is 0.124. The third-order valence-corrected chi connectivity index (χ3v) is 5.68. The van der Waals surface area contributed by atoms with Crippen molar-refractivity contribution in [1.29, 1.82) is 0 Å². The van der Waals surface area contributed by atoms with E-state index in [1.54, 1.807) is 7.11 Å². The Hall–Kier alpha value is -1.14. The summed E-state index contributed by atoms with van der Waals surface area (Å²) in [5, 5.41) is 30.8. The van der Waals surface area contributed by atoms with Crippen molar-refractivity contribution in [3.8, 4) is 5.75 Å². The van der Waals surface area contributed by atoms with Crippen LogP contribution in [-0.4, -0.2) is 58.2 Å². The molecule has 3 N–H and O–H groups in total. The van der Waals surface area contributed by atoms with E-state index in [4.69, 9.17) is 4.74 Å². The van der Waals surface area contributed by atoms with Crippen molar-refractivity contribution in [3.63, 3.8) is 0 Å². The van der Waals surface area contributed by atoms with Gasteiger partial charge in [0.05, 0.1) is 19.3 Å². The van der Waals surface area contributed by atoms with E-state index >= 15 is 0 Å². The van der Waals surface area contributed by atoms with Crippen molar-refractivity contribution < 1.29 is 20.1 Å². The van der Waals surface area contributed by atoms with Crippen LogP contribution in [0.1, 0.15) is 63.9 Å². The quantitative estimate of drug-likeness (QED) is 0.515. The molecule has 1 aromatic carbocycles. The standard InChI is InChI=1S/C22H37NO4/c1-3-4-5-6-7-8-9-10-19-21(25)22(26)20(24)16-23(19)15-17-11-13-18(27-2)14-12-17/h11-14,19-22,24-26H,3-10,15-16H2,1-2H3/t19-,20-,21?,22?/m1/s1.